The van der Waals surface area contributed by atoms with Crippen molar-refractivity contribution >= 4 is 45.3 Å². The van der Waals surface area contributed by atoms with Crippen molar-refractivity contribution in [2.45, 2.75) is 73.6 Å². The third kappa shape index (κ3) is 8.08. The van der Waals surface area contributed by atoms with Crippen LogP contribution in [0.15, 0.2) is 79.9 Å². The van der Waals surface area contributed by atoms with E-state index in [4.69, 9.17) is 14.2 Å². The second-order valence-corrected chi connectivity index (χ2v) is 14.4. The van der Waals surface area contributed by atoms with E-state index in [0.29, 0.717) is 42.7 Å². The largest absolute Gasteiger partial charge is 0.497 e. The molecule has 12 heteroatoms. The number of benzene rings is 2. The van der Waals surface area contributed by atoms with Gasteiger partial charge in [0.05, 0.1) is 31.6 Å². The Kier molecular flexibility index (Phi) is 13.1. The molecule has 0 radical (unpaired) electrons. The van der Waals surface area contributed by atoms with Gasteiger partial charge in [0.25, 0.3) is 5.91 Å². The number of likely N-dealkylation sites (tertiary alicyclic amines) is 1. The number of alkyl halides is 1. The molecule has 0 aromatic heterocycles. The fourth-order valence-corrected chi connectivity index (χ4v) is 8.61. The number of carbonyl (C=O) groups is 4. The van der Waals surface area contributed by atoms with Crippen LogP contribution in [-0.2, 0) is 28.7 Å². The Hall–Kier alpha value is -4.00. The minimum Gasteiger partial charge on any atom is -0.497 e. The number of aliphatic hydroxyl groups excluding tert-OH is 1. The molecule has 3 fully saturated rings. The quantitative estimate of drug-likeness (QED) is 0.0895. The van der Waals surface area contributed by atoms with Crippen molar-refractivity contribution in [1.82, 2.24) is 10.2 Å². The average Bonchev–Trinajstić information content (AvgIpc) is 3.74. The van der Waals surface area contributed by atoms with Gasteiger partial charge in [0.2, 0.25) is 11.8 Å². The molecule has 2 N–H and O–H groups in total. The number of nitrogens with one attached hydrogen (secondary N) is 1. The molecular formula is C39H48BrN3O8. The molecule has 11 nitrogen and oxygen atoms in total. The van der Waals surface area contributed by atoms with Gasteiger partial charge in [-0.15, -0.1) is 13.2 Å². The smallest absolute Gasteiger partial charge is 0.313 e. The Morgan fingerprint density at radius 3 is 2.49 bits per heavy atom. The number of ether oxygens (including phenoxy) is 3. The lowest BCUT2D eigenvalue weighted by Gasteiger charge is -2.37. The molecule has 1 spiro atoms. The van der Waals surface area contributed by atoms with Gasteiger partial charge in [0.15, 0.2) is 0 Å². The number of nitrogens with zero attached hydrogens (tertiary/aromatic N) is 2. The number of halogens is 1. The van der Waals surface area contributed by atoms with Crippen LogP contribution in [0.3, 0.4) is 0 Å². The Morgan fingerprint density at radius 2 is 1.82 bits per heavy atom. The fourth-order valence-electron chi connectivity index (χ4n) is 7.67. The van der Waals surface area contributed by atoms with Crippen LogP contribution in [0.4, 0.5) is 5.69 Å². The summed E-state index contributed by atoms with van der Waals surface area (Å²) in [6.07, 6.45) is 5.69. The maximum absolute atomic E-state index is 14.8. The highest BCUT2D eigenvalue weighted by atomic mass is 79.9. The first-order valence-corrected chi connectivity index (χ1v) is 18.5. The maximum Gasteiger partial charge on any atom is 0.313 e. The number of amides is 3. The SMILES string of the molecule is C=CCCC(=O)NC[C@@H](OC(=O)[C@@H]1[C@H]2O[C@@]3(CC2Br)[C@H](C(=O)N(CC=C)c2ccc(OC)cc2)N(CCCCCCO)C(=O)[C@@H]13)c1ccccc1. The number of anilines is 1. The van der Waals surface area contributed by atoms with Crippen molar-refractivity contribution in [2.75, 3.05) is 38.3 Å². The standard InChI is InChI=1S/C39H48BrN3O8/c1-4-6-16-31(45)41-25-30(26-14-10-9-11-15-26)50-38(48)32-33-36(46)43(22-12-7-8-13-23-44)35(39(33)24-29(40)34(32)51-39)37(47)42(21-5-2)27-17-19-28(49-3)20-18-27/h4-5,9-11,14-15,17-20,29-30,32-35,44H,1-2,6-8,12-13,16,21-25H2,3H3,(H,41,45)/t29?,30-,32+,33-,34+,35+,39-/m1/s1. The molecule has 2 bridgehead atoms. The number of aliphatic hydroxyl groups is 1. The predicted octanol–water partition coefficient (Wildman–Crippen LogP) is 4.88. The third-order valence-corrected chi connectivity index (χ3v) is 10.9. The van der Waals surface area contributed by atoms with Gasteiger partial charge in [0, 0.05) is 36.6 Å². The summed E-state index contributed by atoms with van der Waals surface area (Å²) in [4.78, 5) is 59.2. The lowest BCUT2D eigenvalue weighted by molar-refractivity contribution is -0.160. The number of hydrogen-bond donors (Lipinski definition) is 2. The van der Waals surface area contributed by atoms with Crippen LogP contribution in [0.5, 0.6) is 5.75 Å². The van der Waals surface area contributed by atoms with Gasteiger partial charge in [-0.2, -0.15) is 0 Å². The van der Waals surface area contributed by atoms with E-state index >= 15 is 0 Å². The number of unbranched alkanes of at least 4 members (excludes halogenated alkanes) is 3. The van der Waals surface area contributed by atoms with E-state index in [-0.39, 0.29) is 55.2 Å². The van der Waals surface area contributed by atoms with Crippen molar-refractivity contribution in [3.05, 3.63) is 85.5 Å². The average molecular weight is 767 g/mol. The minimum absolute atomic E-state index is 0.0465. The van der Waals surface area contributed by atoms with Crippen LogP contribution in [0.25, 0.3) is 0 Å². The summed E-state index contributed by atoms with van der Waals surface area (Å²) in [5.74, 6) is -2.76. The molecule has 3 saturated heterocycles. The highest BCUT2D eigenvalue weighted by Crippen LogP contribution is 2.60. The molecule has 51 heavy (non-hydrogen) atoms. The van der Waals surface area contributed by atoms with E-state index in [1.807, 2.05) is 30.3 Å². The van der Waals surface area contributed by atoms with Gasteiger partial charge >= 0.3 is 5.97 Å². The zero-order valence-corrected chi connectivity index (χ0v) is 30.7. The number of fused-ring (bicyclic) bond motifs is 1. The van der Waals surface area contributed by atoms with Gasteiger partial charge in [-0.1, -0.05) is 71.3 Å². The first-order chi connectivity index (χ1) is 24.7. The number of rotatable bonds is 19. The van der Waals surface area contributed by atoms with Crippen LogP contribution in [-0.4, -0.2) is 89.6 Å². The zero-order valence-electron chi connectivity index (χ0n) is 29.1. The zero-order chi connectivity index (χ0) is 36.5. The molecular weight excluding hydrogens is 718 g/mol. The molecule has 2 aromatic carbocycles. The number of esters is 1. The molecule has 2 aromatic rings. The molecule has 3 heterocycles. The van der Waals surface area contributed by atoms with Crippen molar-refractivity contribution in [2.24, 2.45) is 11.8 Å². The second-order valence-electron chi connectivity index (χ2n) is 13.2. The Bertz CT molecular complexity index is 1560. The van der Waals surface area contributed by atoms with E-state index in [1.165, 1.54) is 0 Å². The first-order valence-electron chi connectivity index (χ1n) is 17.6. The molecule has 1 unspecified atom stereocenters. The Labute approximate surface area is 308 Å². The van der Waals surface area contributed by atoms with Crippen LogP contribution < -0.4 is 15.0 Å². The number of allylic oxidation sites excluding steroid dienone is 1. The van der Waals surface area contributed by atoms with Crippen LogP contribution in [0.1, 0.15) is 56.6 Å². The Morgan fingerprint density at radius 1 is 1.10 bits per heavy atom. The fraction of sp³-hybridized carbons (Fsp3) is 0.487. The molecule has 7 atom stereocenters. The van der Waals surface area contributed by atoms with E-state index in [1.54, 1.807) is 53.3 Å². The highest BCUT2D eigenvalue weighted by Gasteiger charge is 2.77. The second kappa shape index (κ2) is 17.5. The molecule has 0 saturated carbocycles. The molecule has 5 rings (SSSR count). The third-order valence-electron chi connectivity index (χ3n) is 10.1. The minimum atomic E-state index is -1.28. The first kappa shape index (κ1) is 38.2. The summed E-state index contributed by atoms with van der Waals surface area (Å²) in [5, 5.41) is 12.1. The normalized spacial score (nSPS) is 25.2. The van der Waals surface area contributed by atoms with Gasteiger partial charge < -0.3 is 34.4 Å². The van der Waals surface area contributed by atoms with Gasteiger partial charge in [-0.25, -0.2) is 0 Å². The van der Waals surface area contributed by atoms with E-state index in [0.717, 1.165) is 12.8 Å². The summed E-state index contributed by atoms with van der Waals surface area (Å²) in [6, 6.07) is 15.2. The Balaban J connectivity index is 1.47. The lowest BCUT2D eigenvalue weighted by atomic mass is 9.70. The molecule has 3 amide bonds. The monoisotopic (exact) mass is 765 g/mol. The van der Waals surface area contributed by atoms with Crippen LogP contribution in [0, 0.1) is 11.8 Å². The van der Waals surface area contributed by atoms with Gasteiger partial charge in [0.1, 0.15) is 23.5 Å². The van der Waals surface area contributed by atoms with Crippen molar-refractivity contribution in [1.29, 1.82) is 0 Å². The summed E-state index contributed by atoms with van der Waals surface area (Å²) in [7, 11) is 1.57. The van der Waals surface area contributed by atoms with Crippen molar-refractivity contribution in [3.8, 4) is 5.75 Å². The van der Waals surface area contributed by atoms with E-state index < -0.39 is 41.7 Å². The number of hydrogen-bond acceptors (Lipinski definition) is 8. The number of methoxy groups -OCH3 is 1. The summed E-state index contributed by atoms with van der Waals surface area (Å²) in [5.41, 5.74) is 0.0176. The van der Waals surface area contributed by atoms with Gasteiger partial charge in [-0.05, 0) is 55.5 Å². The van der Waals surface area contributed by atoms with Crippen molar-refractivity contribution < 1.29 is 38.5 Å². The lowest BCUT2D eigenvalue weighted by Crippen LogP contribution is -2.57. The van der Waals surface area contributed by atoms with E-state index in [9.17, 15) is 24.3 Å². The summed E-state index contributed by atoms with van der Waals surface area (Å²) >= 11 is 3.74. The topological polar surface area (TPSA) is 135 Å². The molecule has 3 aliphatic rings. The summed E-state index contributed by atoms with van der Waals surface area (Å²) in [6.45, 7) is 8.16. The summed E-state index contributed by atoms with van der Waals surface area (Å²) < 4.78 is 18.2. The number of carbonyl (C=O) groups excluding carboxylic acids is 4. The van der Waals surface area contributed by atoms with Crippen LogP contribution >= 0.6 is 15.9 Å². The van der Waals surface area contributed by atoms with E-state index in [2.05, 4.69) is 34.4 Å². The highest BCUT2D eigenvalue weighted by molar-refractivity contribution is 9.09. The maximum atomic E-state index is 14.8. The molecule has 3 aliphatic heterocycles. The van der Waals surface area contributed by atoms with Crippen molar-refractivity contribution in [3.63, 3.8) is 0 Å². The molecule has 274 valence electrons. The van der Waals surface area contributed by atoms with Crippen LogP contribution in [0.2, 0.25) is 0 Å². The molecule has 0 aliphatic carbocycles. The van der Waals surface area contributed by atoms with Gasteiger partial charge in [-0.3, -0.25) is 19.2 Å². The predicted molar refractivity (Wildman–Crippen MR) is 196 cm³/mol.